The minimum Gasteiger partial charge on any atom is -0.444 e. The summed E-state index contributed by atoms with van der Waals surface area (Å²) in [5.74, 6) is 0. The number of hydrogen-bond acceptors (Lipinski definition) is 4. The molecular weight excluding hydrogens is 320 g/mol. The number of amides is 1. The molecule has 1 saturated carbocycles. The van der Waals surface area contributed by atoms with Crippen molar-refractivity contribution in [2.45, 2.75) is 64.1 Å². The molecule has 1 heterocycles. The number of halogens is 1. The molecule has 124 valence electrons. The molecule has 2 atom stereocenters. The number of carbonyl (C=O) groups excluding carboxylic acids is 1. The maximum Gasteiger partial charge on any atom is 0.407 e. The lowest BCUT2D eigenvalue weighted by molar-refractivity contribution is 0.0505. The van der Waals surface area contributed by atoms with E-state index in [4.69, 9.17) is 16.3 Å². The van der Waals surface area contributed by atoms with E-state index in [1.54, 1.807) is 11.3 Å². The number of thiophene rings is 1. The third kappa shape index (κ3) is 6.15. The molecule has 1 aliphatic carbocycles. The fourth-order valence-electron chi connectivity index (χ4n) is 2.66. The molecule has 0 spiro atoms. The van der Waals surface area contributed by atoms with Gasteiger partial charge < -0.3 is 15.4 Å². The Morgan fingerprint density at radius 1 is 1.36 bits per heavy atom. The van der Waals surface area contributed by atoms with Crippen molar-refractivity contribution in [2.75, 3.05) is 6.54 Å². The monoisotopic (exact) mass is 344 g/mol. The summed E-state index contributed by atoms with van der Waals surface area (Å²) in [5, 5.41) is 6.52. The second-order valence-corrected chi connectivity index (χ2v) is 8.56. The van der Waals surface area contributed by atoms with E-state index in [0.717, 1.165) is 36.6 Å². The maximum atomic E-state index is 11.8. The van der Waals surface area contributed by atoms with Gasteiger partial charge in [0.15, 0.2) is 0 Å². The van der Waals surface area contributed by atoms with Crippen molar-refractivity contribution in [1.82, 2.24) is 10.6 Å². The summed E-state index contributed by atoms with van der Waals surface area (Å²) in [6.07, 6.45) is 3.74. The van der Waals surface area contributed by atoms with Crippen LogP contribution in [0.5, 0.6) is 0 Å². The summed E-state index contributed by atoms with van der Waals surface area (Å²) < 4.78 is 6.14. The number of ether oxygens (including phenoxy) is 1. The highest BCUT2D eigenvalue weighted by molar-refractivity contribution is 7.16. The molecule has 1 fully saturated rings. The predicted octanol–water partition coefficient (Wildman–Crippen LogP) is 3.98. The highest BCUT2D eigenvalue weighted by Gasteiger charge is 2.27. The Bertz CT molecular complexity index is 499. The van der Waals surface area contributed by atoms with E-state index in [2.05, 4.69) is 16.7 Å². The van der Waals surface area contributed by atoms with Crippen molar-refractivity contribution in [3.63, 3.8) is 0 Å². The van der Waals surface area contributed by atoms with E-state index < -0.39 is 5.60 Å². The van der Waals surface area contributed by atoms with Crippen LogP contribution >= 0.6 is 22.9 Å². The molecule has 1 aromatic rings. The Kier molecular flexibility index (Phi) is 6.12. The van der Waals surface area contributed by atoms with Gasteiger partial charge in [-0.1, -0.05) is 11.6 Å². The Morgan fingerprint density at radius 2 is 2.09 bits per heavy atom. The standard InChI is InChI=1S/C16H25ClN2O2S/c1-16(2,3)21-15(20)19-12-5-4-11(10-12)18-9-8-13-6-7-14(17)22-13/h6-7,11-12,18H,4-5,8-10H2,1-3H3,(H,19,20). The first-order chi connectivity index (χ1) is 10.3. The number of rotatable bonds is 5. The first kappa shape index (κ1) is 17.6. The van der Waals surface area contributed by atoms with Crippen LogP contribution < -0.4 is 10.6 Å². The van der Waals surface area contributed by atoms with Gasteiger partial charge in [-0.25, -0.2) is 4.79 Å². The van der Waals surface area contributed by atoms with E-state index in [1.807, 2.05) is 26.8 Å². The van der Waals surface area contributed by atoms with Crippen LogP contribution in [-0.4, -0.2) is 30.3 Å². The van der Waals surface area contributed by atoms with Crippen LogP contribution in [0.25, 0.3) is 0 Å². The number of alkyl carbamates (subject to hydrolysis) is 1. The third-order valence-electron chi connectivity index (χ3n) is 3.59. The van der Waals surface area contributed by atoms with Gasteiger partial charge in [-0.3, -0.25) is 0 Å². The largest absolute Gasteiger partial charge is 0.444 e. The van der Waals surface area contributed by atoms with Crippen LogP contribution in [0, 0.1) is 0 Å². The van der Waals surface area contributed by atoms with Crippen LogP contribution in [0.2, 0.25) is 4.34 Å². The summed E-state index contributed by atoms with van der Waals surface area (Å²) in [6, 6.07) is 4.70. The molecule has 22 heavy (non-hydrogen) atoms. The van der Waals surface area contributed by atoms with E-state index >= 15 is 0 Å². The molecule has 0 aromatic carbocycles. The smallest absolute Gasteiger partial charge is 0.407 e. The fraction of sp³-hybridized carbons (Fsp3) is 0.688. The van der Waals surface area contributed by atoms with Crippen molar-refractivity contribution in [3.05, 3.63) is 21.3 Å². The van der Waals surface area contributed by atoms with Crippen LogP contribution in [0.15, 0.2) is 12.1 Å². The van der Waals surface area contributed by atoms with Crippen LogP contribution in [0.4, 0.5) is 4.79 Å². The molecule has 1 aliphatic rings. The van der Waals surface area contributed by atoms with Crippen LogP contribution in [-0.2, 0) is 11.2 Å². The predicted molar refractivity (Wildman–Crippen MR) is 91.8 cm³/mol. The normalized spacial score (nSPS) is 21.8. The van der Waals surface area contributed by atoms with E-state index in [1.165, 1.54) is 4.88 Å². The first-order valence-corrected chi connectivity index (χ1v) is 8.98. The summed E-state index contributed by atoms with van der Waals surface area (Å²) >= 11 is 7.56. The summed E-state index contributed by atoms with van der Waals surface area (Å²) in [7, 11) is 0. The quantitative estimate of drug-likeness (QED) is 0.849. The Labute approximate surface area is 141 Å². The highest BCUT2D eigenvalue weighted by Crippen LogP contribution is 2.22. The molecule has 0 bridgehead atoms. The van der Waals surface area contributed by atoms with Gasteiger partial charge in [0.05, 0.1) is 4.34 Å². The molecule has 0 saturated heterocycles. The SMILES string of the molecule is CC(C)(C)OC(=O)NC1CCC(NCCc2ccc(Cl)s2)C1. The minimum atomic E-state index is -0.442. The molecule has 2 N–H and O–H groups in total. The van der Waals surface area contributed by atoms with Crippen LogP contribution in [0.3, 0.4) is 0 Å². The zero-order chi connectivity index (χ0) is 16.2. The van der Waals surface area contributed by atoms with Crippen molar-refractivity contribution in [1.29, 1.82) is 0 Å². The minimum absolute atomic E-state index is 0.212. The maximum absolute atomic E-state index is 11.8. The highest BCUT2D eigenvalue weighted by atomic mass is 35.5. The van der Waals surface area contributed by atoms with Gasteiger partial charge >= 0.3 is 6.09 Å². The van der Waals surface area contributed by atoms with Gasteiger partial charge in [0.1, 0.15) is 5.60 Å². The van der Waals surface area contributed by atoms with Gasteiger partial charge in [-0.05, 0) is 58.6 Å². The topological polar surface area (TPSA) is 50.4 Å². The molecule has 2 unspecified atom stereocenters. The van der Waals surface area contributed by atoms with Crippen molar-refractivity contribution < 1.29 is 9.53 Å². The van der Waals surface area contributed by atoms with E-state index in [0.29, 0.717) is 6.04 Å². The van der Waals surface area contributed by atoms with Crippen LogP contribution in [0.1, 0.15) is 44.9 Å². The van der Waals surface area contributed by atoms with E-state index in [9.17, 15) is 4.79 Å². The van der Waals surface area contributed by atoms with Gasteiger partial charge in [0, 0.05) is 23.5 Å². The van der Waals surface area contributed by atoms with Gasteiger partial charge in [0.2, 0.25) is 0 Å². The molecule has 1 amide bonds. The molecule has 0 radical (unpaired) electrons. The Hall–Kier alpha value is -0.780. The number of nitrogens with one attached hydrogen (secondary N) is 2. The van der Waals surface area contributed by atoms with Gasteiger partial charge in [-0.2, -0.15) is 0 Å². The molecule has 0 aliphatic heterocycles. The number of carbonyl (C=O) groups is 1. The average Bonchev–Trinajstić information content (AvgIpc) is 2.97. The lowest BCUT2D eigenvalue weighted by Crippen LogP contribution is -2.39. The van der Waals surface area contributed by atoms with E-state index in [-0.39, 0.29) is 12.1 Å². The summed E-state index contributed by atoms with van der Waals surface area (Å²) in [5.41, 5.74) is -0.442. The molecule has 2 rings (SSSR count). The molecule has 4 nitrogen and oxygen atoms in total. The van der Waals surface area contributed by atoms with Gasteiger partial charge in [-0.15, -0.1) is 11.3 Å². The molecule has 6 heteroatoms. The third-order valence-corrected chi connectivity index (χ3v) is 4.88. The van der Waals surface area contributed by atoms with Crippen molar-refractivity contribution >= 4 is 29.0 Å². The first-order valence-electron chi connectivity index (χ1n) is 7.79. The summed E-state index contributed by atoms with van der Waals surface area (Å²) in [6.45, 7) is 6.58. The summed E-state index contributed by atoms with van der Waals surface area (Å²) in [4.78, 5) is 13.1. The fourth-order valence-corrected chi connectivity index (χ4v) is 3.74. The zero-order valence-corrected chi connectivity index (χ0v) is 15.0. The Balaban J connectivity index is 1.64. The van der Waals surface area contributed by atoms with Gasteiger partial charge in [0.25, 0.3) is 0 Å². The molecular formula is C16H25ClN2O2S. The zero-order valence-electron chi connectivity index (χ0n) is 13.4. The average molecular weight is 345 g/mol. The number of hydrogen-bond donors (Lipinski definition) is 2. The van der Waals surface area contributed by atoms with Crippen molar-refractivity contribution in [3.8, 4) is 0 Å². The van der Waals surface area contributed by atoms with Crippen molar-refractivity contribution in [2.24, 2.45) is 0 Å². The lowest BCUT2D eigenvalue weighted by Gasteiger charge is -2.21. The lowest BCUT2D eigenvalue weighted by atomic mass is 10.2. The Morgan fingerprint density at radius 3 is 2.73 bits per heavy atom. The second-order valence-electron chi connectivity index (χ2n) is 6.76. The molecule has 1 aromatic heterocycles. The second kappa shape index (κ2) is 7.66.